The molecule has 0 atom stereocenters. The van der Waals surface area contributed by atoms with Crippen LogP contribution in [-0.4, -0.2) is 22.4 Å². The first-order chi connectivity index (χ1) is 2.00. The van der Waals surface area contributed by atoms with Gasteiger partial charge in [-0.05, 0) is 0 Å². The van der Waals surface area contributed by atoms with E-state index in [0.29, 0.717) is 0 Å². The Hall–Kier alpha value is 0.782. The van der Waals surface area contributed by atoms with Crippen LogP contribution in [0.3, 0.4) is 0 Å². The van der Waals surface area contributed by atoms with Gasteiger partial charge in [-0.15, -0.1) is 0 Å². The second-order valence-corrected chi connectivity index (χ2v) is 0. The molecule has 0 fully saturated rings. The Bertz CT molecular complexity index is 9.61. The van der Waals surface area contributed by atoms with Gasteiger partial charge in [0.1, 0.15) is 0 Å². The molecule has 0 unspecified atom stereocenters. The van der Waals surface area contributed by atoms with Crippen LogP contribution in [0.4, 0.5) is 0 Å². The molecule has 0 aliphatic heterocycles. The summed E-state index contributed by atoms with van der Waals surface area (Å²) >= 11 is 1.89. The summed E-state index contributed by atoms with van der Waals surface area (Å²) in [5.41, 5.74) is 5.75. The van der Waals surface area contributed by atoms with Crippen molar-refractivity contribution in [2.24, 2.45) is 0 Å². The van der Waals surface area contributed by atoms with Crippen molar-refractivity contribution in [2.75, 3.05) is 7.05 Å². The van der Waals surface area contributed by atoms with Crippen molar-refractivity contribution in [1.29, 1.82) is 0 Å². The molecule has 0 bridgehead atoms. The van der Waals surface area contributed by atoms with E-state index < -0.39 is 0 Å². The molecule has 0 aromatic carbocycles. The Kier molecular flexibility index (Phi) is 382. The SMILES string of the molecule is C[NH-].[Al+2][Cl].[CH3-]. The van der Waals surface area contributed by atoms with Gasteiger partial charge in [-0.1, -0.05) is 0 Å². The summed E-state index contributed by atoms with van der Waals surface area (Å²) in [6, 6.07) is 0. The fourth-order valence-corrected chi connectivity index (χ4v) is 0. The van der Waals surface area contributed by atoms with Gasteiger partial charge in [0.05, 0.1) is 0 Å². The molecule has 0 heterocycles. The summed E-state index contributed by atoms with van der Waals surface area (Å²) in [7, 11) is 5.81. The number of hydrogen-bond donors (Lipinski definition) is 0. The minimum atomic E-state index is 0. The van der Waals surface area contributed by atoms with Gasteiger partial charge in [0.25, 0.3) is 0 Å². The van der Waals surface area contributed by atoms with Gasteiger partial charge in [-0.25, -0.2) is 0 Å². The van der Waals surface area contributed by atoms with Crippen LogP contribution >= 0.6 is 10.0 Å². The van der Waals surface area contributed by atoms with Crippen LogP contribution in [0.25, 0.3) is 5.73 Å². The molecule has 0 rings (SSSR count). The molecule has 0 aliphatic carbocycles. The first kappa shape index (κ1) is 17.1. The Morgan fingerprint density at radius 1 is 1.40 bits per heavy atom. The maximum absolute atomic E-state index is 5.75. The van der Waals surface area contributed by atoms with Gasteiger partial charge in [0.2, 0.25) is 0 Å². The zero-order valence-electron chi connectivity index (χ0n) is 3.46. The summed E-state index contributed by atoms with van der Waals surface area (Å²) in [5, 5.41) is 0. The second-order valence-electron chi connectivity index (χ2n) is 0. The molecule has 1 N–H and O–H groups in total. The minimum Gasteiger partial charge on any atom is -0.358 e. The zero-order chi connectivity index (χ0) is 4.00. The van der Waals surface area contributed by atoms with Crippen molar-refractivity contribution in [2.45, 2.75) is 0 Å². The van der Waals surface area contributed by atoms with Crippen molar-refractivity contribution in [1.82, 2.24) is 0 Å². The Morgan fingerprint density at radius 3 is 1.40 bits per heavy atom. The largest absolute Gasteiger partial charge is 0.358 e. The van der Waals surface area contributed by atoms with Crippen LogP contribution in [0.5, 0.6) is 0 Å². The van der Waals surface area contributed by atoms with Crippen molar-refractivity contribution in [3.8, 4) is 0 Å². The van der Waals surface area contributed by atoms with Crippen molar-refractivity contribution in [3.63, 3.8) is 0 Å². The van der Waals surface area contributed by atoms with Crippen LogP contribution in [0.2, 0.25) is 0 Å². The van der Waals surface area contributed by atoms with Gasteiger partial charge in [0, 0.05) is 0 Å². The van der Waals surface area contributed by atoms with Gasteiger partial charge >= 0.3 is 25.4 Å². The molecule has 0 saturated carbocycles. The van der Waals surface area contributed by atoms with E-state index in [0.717, 1.165) is 0 Å². The van der Waals surface area contributed by atoms with E-state index in [4.69, 9.17) is 5.73 Å². The fourth-order valence-electron chi connectivity index (χ4n) is 0. The van der Waals surface area contributed by atoms with E-state index >= 15 is 0 Å². The molecule has 0 aromatic rings. The third kappa shape index (κ3) is 60.5. The van der Waals surface area contributed by atoms with Crippen molar-refractivity contribution in [3.05, 3.63) is 13.2 Å². The van der Waals surface area contributed by atoms with Crippen molar-refractivity contribution >= 4 is 25.4 Å². The van der Waals surface area contributed by atoms with E-state index in [-0.39, 0.29) is 7.43 Å². The Morgan fingerprint density at radius 2 is 1.40 bits per heavy atom. The second kappa shape index (κ2) is 112. The molecule has 0 aliphatic rings. The third-order valence-electron chi connectivity index (χ3n) is 0. The summed E-state index contributed by atoms with van der Waals surface area (Å²) in [4.78, 5) is 0. The van der Waals surface area contributed by atoms with Gasteiger partial charge in [-0.3, -0.25) is 0 Å². The van der Waals surface area contributed by atoms with E-state index in [2.05, 4.69) is 10.0 Å². The monoisotopic (exact) mass is 107 g/mol. The average molecular weight is 108 g/mol. The molecule has 1 nitrogen and oxygen atoms in total. The third-order valence-corrected chi connectivity index (χ3v) is 0. The summed E-state index contributed by atoms with van der Waals surface area (Å²) < 4.78 is 0. The number of halogens is 1. The Balaban J connectivity index is -0.0000000133. The maximum atomic E-state index is 5.75. The van der Waals surface area contributed by atoms with Gasteiger partial charge in [-0.2, -0.15) is 7.05 Å². The summed E-state index contributed by atoms with van der Waals surface area (Å²) in [6.07, 6.45) is 0. The predicted molar refractivity (Wildman–Crippen MR) is 28.3 cm³/mol. The van der Waals surface area contributed by atoms with E-state index in [9.17, 15) is 0 Å². The fraction of sp³-hybridized carbons (Fsp3) is 0.500. The number of hydrogen-bond acceptors (Lipinski definition) is 0. The molecule has 3 heteroatoms. The zero-order valence-corrected chi connectivity index (χ0v) is 5.37. The normalized spacial score (nSPS) is 2.60. The molecule has 0 radical (unpaired) electrons. The molecule has 30 valence electrons. The molecule has 0 saturated heterocycles. The van der Waals surface area contributed by atoms with E-state index in [1.807, 2.05) is 15.4 Å². The van der Waals surface area contributed by atoms with Crippen LogP contribution in [0.15, 0.2) is 0 Å². The molecule has 0 spiro atoms. The molecular weight excluding hydrogens is 100 g/mol. The first-order valence-electron chi connectivity index (χ1n) is 0.718. The van der Waals surface area contributed by atoms with E-state index in [1.165, 1.54) is 7.05 Å². The van der Waals surface area contributed by atoms with Crippen LogP contribution in [-0.2, 0) is 0 Å². The quantitative estimate of drug-likeness (QED) is 0.330. The first-order valence-corrected chi connectivity index (χ1v) is 2.46. The summed E-state index contributed by atoms with van der Waals surface area (Å²) in [5.74, 6) is 0. The van der Waals surface area contributed by atoms with Crippen LogP contribution in [0, 0.1) is 7.43 Å². The topological polar surface area (TPSA) is 23.8 Å². The maximum Gasteiger partial charge on any atom is -0.358 e. The number of rotatable bonds is 0. The minimum absolute atomic E-state index is 0. The molecule has 5 heavy (non-hydrogen) atoms. The smallest absolute Gasteiger partial charge is 0.358 e. The predicted octanol–water partition coefficient (Wildman–Crippen LogP) is 1.43. The Labute approximate surface area is 46.1 Å². The van der Waals surface area contributed by atoms with Crippen LogP contribution < -0.4 is 0 Å². The van der Waals surface area contributed by atoms with Crippen molar-refractivity contribution < 1.29 is 0 Å². The van der Waals surface area contributed by atoms with Gasteiger partial charge in [0.15, 0.2) is 0 Å². The van der Waals surface area contributed by atoms with E-state index in [1.54, 1.807) is 0 Å². The van der Waals surface area contributed by atoms with Gasteiger partial charge < -0.3 is 13.2 Å². The van der Waals surface area contributed by atoms with Crippen LogP contribution in [0.1, 0.15) is 0 Å². The molecular formula is C2H7AlClN. The molecule has 0 amide bonds. The summed E-state index contributed by atoms with van der Waals surface area (Å²) in [6.45, 7) is 0. The average Bonchev–Trinajstić information content (AvgIpc) is 1.50. The standard InChI is InChI=1S/CH4N.CH3.Al.ClH/c1-2;;;/h2H,1H3;1H3;;1H/q2*-1;+3;/p-1. The molecule has 0 aromatic heterocycles. The number of nitrogens with one attached hydrogen (secondary N) is 1.